The Labute approximate surface area is 70.8 Å². The van der Waals surface area contributed by atoms with Crippen LogP contribution in [0.5, 0.6) is 0 Å². The Hall–Kier alpha value is -1.12. The molecule has 0 bridgehead atoms. The molecule has 0 aliphatic carbocycles. The summed E-state index contributed by atoms with van der Waals surface area (Å²) in [6, 6.07) is 2.92. The highest BCUT2D eigenvalue weighted by atomic mass is 35.5. The molecule has 0 atom stereocenters. The van der Waals surface area contributed by atoms with Crippen LogP contribution < -0.4 is 0 Å². The number of halogens is 1. The first-order valence-electron chi connectivity index (χ1n) is 2.49. The molecule has 0 fully saturated rings. The molecule has 56 valence electrons. The van der Waals surface area contributed by atoms with Crippen molar-refractivity contribution in [1.29, 1.82) is 5.26 Å². The minimum Gasteiger partial charge on any atom is -0.258 e. The molecule has 1 heterocycles. The van der Waals surface area contributed by atoms with Crippen LogP contribution in [0.25, 0.3) is 0 Å². The molecule has 1 aromatic heterocycles. The number of rotatable bonds is 1. The van der Waals surface area contributed by atoms with Crippen LogP contribution in [0.1, 0.15) is 4.88 Å². The maximum atomic E-state index is 10.1. The van der Waals surface area contributed by atoms with Gasteiger partial charge in [0.15, 0.2) is 0 Å². The van der Waals surface area contributed by atoms with Gasteiger partial charge in [0.2, 0.25) is 0 Å². The second-order valence-electron chi connectivity index (χ2n) is 1.63. The molecular formula is C5HClN2O2S. The highest BCUT2D eigenvalue weighted by Gasteiger charge is 2.14. The van der Waals surface area contributed by atoms with Crippen molar-refractivity contribution in [3.05, 3.63) is 26.1 Å². The number of nitriles is 1. The van der Waals surface area contributed by atoms with Gasteiger partial charge in [-0.25, -0.2) is 0 Å². The third-order valence-corrected chi connectivity index (χ3v) is 2.36. The Morgan fingerprint density at radius 3 is 2.73 bits per heavy atom. The molecule has 6 heteroatoms. The number of nitrogens with zero attached hydrogens (tertiary/aromatic N) is 2. The van der Waals surface area contributed by atoms with E-state index in [0.717, 1.165) is 11.3 Å². The van der Waals surface area contributed by atoms with Crippen LogP contribution in [-0.2, 0) is 0 Å². The Balaban J connectivity index is 3.18. The average Bonchev–Trinajstić information content (AvgIpc) is 2.31. The first-order valence-corrected chi connectivity index (χ1v) is 3.68. The Bertz CT molecular complexity index is 341. The van der Waals surface area contributed by atoms with Gasteiger partial charge in [-0.15, -0.1) is 0 Å². The number of thiophene rings is 1. The summed E-state index contributed by atoms with van der Waals surface area (Å²) < 4.78 is 0. The first-order chi connectivity index (χ1) is 5.15. The van der Waals surface area contributed by atoms with Gasteiger partial charge in [-0.3, -0.25) is 10.1 Å². The predicted octanol–water partition coefficient (Wildman–Crippen LogP) is 2.18. The summed E-state index contributed by atoms with van der Waals surface area (Å²) in [6.45, 7) is 0. The lowest BCUT2D eigenvalue weighted by Crippen LogP contribution is -1.80. The van der Waals surface area contributed by atoms with Crippen molar-refractivity contribution in [2.24, 2.45) is 0 Å². The topological polar surface area (TPSA) is 66.9 Å². The largest absolute Gasteiger partial charge is 0.326 e. The first kappa shape index (κ1) is 7.98. The van der Waals surface area contributed by atoms with Crippen LogP contribution in [0.15, 0.2) is 6.07 Å². The lowest BCUT2D eigenvalue weighted by molar-refractivity contribution is -0.380. The van der Waals surface area contributed by atoms with Crippen molar-refractivity contribution >= 4 is 27.9 Å². The summed E-state index contributed by atoms with van der Waals surface area (Å²) in [7, 11) is 0. The number of nitro groups is 1. The van der Waals surface area contributed by atoms with Crippen molar-refractivity contribution in [1.82, 2.24) is 0 Å². The van der Waals surface area contributed by atoms with Gasteiger partial charge < -0.3 is 0 Å². The molecular weight excluding hydrogens is 188 g/mol. The van der Waals surface area contributed by atoms with Gasteiger partial charge in [0, 0.05) is 6.07 Å². The average molecular weight is 189 g/mol. The van der Waals surface area contributed by atoms with E-state index in [1.54, 1.807) is 6.07 Å². The van der Waals surface area contributed by atoms with E-state index in [4.69, 9.17) is 16.9 Å². The van der Waals surface area contributed by atoms with Gasteiger partial charge in [-0.2, -0.15) is 5.26 Å². The zero-order valence-corrected chi connectivity index (χ0v) is 6.65. The van der Waals surface area contributed by atoms with Crippen LogP contribution >= 0.6 is 22.9 Å². The molecule has 0 unspecified atom stereocenters. The highest BCUT2D eigenvalue weighted by molar-refractivity contribution is 7.16. The quantitative estimate of drug-likeness (QED) is 0.501. The molecule has 0 spiro atoms. The monoisotopic (exact) mass is 188 g/mol. The molecule has 0 saturated heterocycles. The molecule has 0 radical (unpaired) electrons. The molecule has 0 N–H and O–H groups in total. The summed E-state index contributed by atoms with van der Waals surface area (Å²) in [5, 5.41) is 18.5. The minimum absolute atomic E-state index is 0.105. The number of hydrogen-bond acceptors (Lipinski definition) is 4. The SMILES string of the molecule is N#Cc1sc([N+](=O)[O-])cc1Cl. The van der Waals surface area contributed by atoms with E-state index in [0.29, 0.717) is 0 Å². The summed E-state index contributed by atoms with van der Waals surface area (Å²) in [5.74, 6) is 0. The maximum absolute atomic E-state index is 10.1. The van der Waals surface area contributed by atoms with E-state index in [2.05, 4.69) is 0 Å². The lowest BCUT2D eigenvalue weighted by Gasteiger charge is -1.77. The van der Waals surface area contributed by atoms with Crippen LogP contribution in [0.2, 0.25) is 5.02 Å². The lowest BCUT2D eigenvalue weighted by atomic mass is 10.5. The summed E-state index contributed by atoms with van der Waals surface area (Å²) in [5.41, 5.74) is 0. The highest BCUT2D eigenvalue weighted by Crippen LogP contribution is 2.31. The Morgan fingerprint density at radius 1 is 1.82 bits per heavy atom. The second-order valence-corrected chi connectivity index (χ2v) is 3.07. The third kappa shape index (κ3) is 1.48. The zero-order chi connectivity index (χ0) is 8.43. The minimum atomic E-state index is -0.572. The fourth-order valence-electron chi connectivity index (χ4n) is 0.523. The van der Waals surface area contributed by atoms with Gasteiger partial charge in [0.25, 0.3) is 0 Å². The van der Waals surface area contributed by atoms with Gasteiger partial charge in [-0.1, -0.05) is 22.9 Å². The Morgan fingerprint density at radius 2 is 2.45 bits per heavy atom. The molecule has 0 amide bonds. The van der Waals surface area contributed by atoms with Crippen LogP contribution in [0.3, 0.4) is 0 Å². The fourth-order valence-corrected chi connectivity index (χ4v) is 1.51. The van der Waals surface area contributed by atoms with E-state index >= 15 is 0 Å². The standard InChI is InChI=1S/C5HClN2O2S/c6-3-1-5(8(9)10)11-4(3)2-7/h1H. The second kappa shape index (κ2) is 2.86. The summed E-state index contributed by atoms with van der Waals surface area (Å²) in [4.78, 5) is 9.74. The van der Waals surface area contributed by atoms with E-state index in [1.807, 2.05) is 0 Å². The van der Waals surface area contributed by atoms with Crippen LogP contribution in [-0.4, -0.2) is 4.92 Å². The van der Waals surface area contributed by atoms with Crippen molar-refractivity contribution < 1.29 is 4.92 Å². The summed E-state index contributed by atoms with van der Waals surface area (Å²) >= 11 is 6.25. The zero-order valence-electron chi connectivity index (χ0n) is 5.07. The van der Waals surface area contributed by atoms with E-state index in [9.17, 15) is 10.1 Å². The van der Waals surface area contributed by atoms with Gasteiger partial charge in [0.1, 0.15) is 10.9 Å². The molecule has 1 rings (SSSR count). The summed E-state index contributed by atoms with van der Waals surface area (Å²) in [6.07, 6.45) is 0. The van der Waals surface area contributed by atoms with Crippen LogP contribution in [0.4, 0.5) is 5.00 Å². The molecule has 11 heavy (non-hydrogen) atoms. The van der Waals surface area contributed by atoms with Crippen LogP contribution in [0, 0.1) is 21.4 Å². The maximum Gasteiger partial charge on any atom is 0.326 e. The molecule has 1 aromatic rings. The number of hydrogen-bond donors (Lipinski definition) is 0. The van der Waals surface area contributed by atoms with Crippen molar-refractivity contribution in [2.45, 2.75) is 0 Å². The van der Waals surface area contributed by atoms with Crippen molar-refractivity contribution in [2.75, 3.05) is 0 Å². The normalized spacial score (nSPS) is 9.09. The van der Waals surface area contributed by atoms with Crippen molar-refractivity contribution in [3.63, 3.8) is 0 Å². The molecule has 0 aliphatic rings. The predicted molar refractivity (Wildman–Crippen MR) is 40.7 cm³/mol. The smallest absolute Gasteiger partial charge is 0.258 e. The van der Waals surface area contributed by atoms with Gasteiger partial charge >= 0.3 is 5.00 Å². The van der Waals surface area contributed by atoms with Gasteiger partial charge in [-0.05, 0) is 0 Å². The molecule has 0 aliphatic heterocycles. The third-order valence-electron chi connectivity index (χ3n) is 0.955. The van der Waals surface area contributed by atoms with E-state index in [-0.39, 0.29) is 14.9 Å². The van der Waals surface area contributed by atoms with Crippen molar-refractivity contribution in [3.8, 4) is 6.07 Å². The molecule has 4 nitrogen and oxygen atoms in total. The van der Waals surface area contributed by atoms with E-state index in [1.165, 1.54) is 6.07 Å². The van der Waals surface area contributed by atoms with Gasteiger partial charge in [0.05, 0.1) is 9.95 Å². The Kier molecular flexibility index (Phi) is 2.08. The molecule has 0 saturated carbocycles. The fraction of sp³-hybridized carbons (Fsp3) is 0. The van der Waals surface area contributed by atoms with E-state index < -0.39 is 4.92 Å². The molecule has 0 aromatic carbocycles.